The Morgan fingerprint density at radius 1 is 0.931 bits per heavy atom. The summed E-state index contributed by atoms with van der Waals surface area (Å²) in [5.41, 5.74) is 1.64. The van der Waals surface area contributed by atoms with E-state index in [1.54, 1.807) is 11.3 Å². The van der Waals surface area contributed by atoms with Crippen molar-refractivity contribution in [1.82, 2.24) is 15.1 Å². The second-order valence-corrected chi connectivity index (χ2v) is 8.46. The number of nitrogens with zero attached hydrogens (tertiary/aromatic N) is 2. The maximum atomic E-state index is 13.7. The highest BCUT2D eigenvalue weighted by molar-refractivity contribution is 7.10. The lowest BCUT2D eigenvalue weighted by Crippen LogP contribution is -2.47. The Morgan fingerprint density at radius 3 is 2.24 bits per heavy atom. The molecule has 5 nitrogen and oxygen atoms in total. The average Bonchev–Trinajstić information content (AvgIpc) is 3.33. The molecule has 0 saturated carbocycles. The van der Waals surface area contributed by atoms with Crippen LogP contribution in [0.15, 0.2) is 72.1 Å². The van der Waals surface area contributed by atoms with Crippen LogP contribution < -0.4 is 5.32 Å². The molecule has 3 heterocycles. The van der Waals surface area contributed by atoms with E-state index in [9.17, 15) is 9.59 Å². The fourth-order valence-electron chi connectivity index (χ4n) is 4.27. The SMILES string of the molecule is O=C1NC(c2ccccc2)(c2ccccc2)C(=O)N1CN1CCc2sccc2C1. The van der Waals surface area contributed by atoms with Gasteiger partial charge in [-0.05, 0) is 34.6 Å². The summed E-state index contributed by atoms with van der Waals surface area (Å²) in [4.78, 5) is 31.6. The van der Waals surface area contributed by atoms with Gasteiger partial charge >= 0.3 is 6.03 Å². The van der Waals surface area contributed by atoms with Gasteiger partial charge in [0.1, 0.15) is 0 Å². The number of amides is 3. The molecule has 0 spiro atoms. The van der Waals surface area contributed by atoms with Crippen LogP contribution in [-0.4, -0.2) is 35.0 Å². The Kier molecular flexibility index (Phi) is 4.45. The lowest BCUT2D eigenvalue weighted by atomic mass is 9.83. The van der Waals surface area contributed by atoms with E-state index in [1.165, 1.54) is 15.3 Å². The summed E-state index contributed by atoms with van der Waals surface area (Å²) in [5.74, 6) is -0.226. The lowest BCUT2D eigenvalue weighted by Gasteiger charge is -2.31. The summed E-state index contributed by atoms with van der Waals surface area (Å²) in [5, 5.41) is 5.13. The minimum Gasteiger partial charge on any atom is -0.315 e. The molecule has 1 saturated heterocycles. The molecule has 29 heavy (non-hydrogen) atoms. The zero-order chi connectivity index (χ0) is 19.8. The first kappa shape index (κ1) is 18.1. The Hall–Kier alpha value is -2.96. The number of carbonyl (C=O) groups excluding carboxylic acids is 2. The number of fused-ring (bicyclic) bond motifs is 1. The van der Waals surface area contributed by atoms with E-state index in [0.717, 1.165) is 30.6 Å². The smallest absolute Gasteiger partial charge is 0.315 e. The van der Waals surface area contributed by atoms with Gasteiger partial charge < -0.3 is 5.32 Å². The quantitative estimate of drug-likeness (QED) is 0.678. The molecule has 0 bridgehead atoms. The largest absolute Gasteiger partial charge is 0.326 e. The first-order valence-electron chi connectivity index (χ1n) is 9.71. The van der Waals surface area contributed by atoms with Crippen molar-refractivity contribution in [3.05, 3.63) is 93.7 Å². The van der Waals surface area contributed by atoms with E-state index in [2.05, 4.69) is 21.7 Å². The van der Waals surface area contributed by atoms with Gasteiger partial charge in [0.15, 0.2) is 5.54 Å². The second kappa shape index (κ2) is 7.13. The number of imide groups is 1. The highest BCUT2D eigenvalue weighted by atomic mass is 32.1. The van der Waals surface area contributed by atoms with E-state index in [1.807, 2.05) is 60.7 Å². The third-order valence-electron chi connectivity index (χ3n) is 5.75. The average molecular weight is 404 g/mol. The standard InChI is InChI=1S/C23H21N3O2S/c27-21-23(18-7-3-1-4-8-18,19-9-5-2-6-10-19)24-22(28)26(21)16-25-13-11-20-17(15-25)12-14-29-20/h1-10,12,14H,11,13,15-16H2,(H,24,28). The molecular weight excluding hydrogens is 382 g/mol. The van der Waals surface area contributed by atoms with E-state index in [4.69, 9.17) is 0 Å². The van der Waals surface area contributed by atoms with E-state index in [0.29, 0.717) is 6.67 Å². The van der Waals surface area contributed by atoms with Crippen molar-refractivity contribution in [1.29, 1.82) is 0 Å². The van der Waals surface area contributed by atoms with Gasteiger partial charge in [0.05, 0.1) is 6.67 Å². The number of urea groups is 1. The van der Waals surface area contributed by atoms with Gasteiger partial charge in [0.25, 0.3) is 5.91 Å². The van der Waals surface area contributed by atoms with E-state index in [-0.39, 0.29) is 11.9 Å². The molecule has 6 heteroatoms. The molecule has 0 aliphatic carbocycles. The first-order chi connectivity index (χ1) is 14.2. The summed E-state index contributed by atoms with van der Waals surface area (Å²) >= 11 is 1.78. The van der Waals surface area contributed by atoms with Gasteiger partial charge in [0.2, 0.25) is 0 Å². The van der Waals surface area contributed by atoms with E-state index < -0.39 is 5.54 Å². The van der Waals surface area contributed by atoms with Crippen LogP contribution in [0.2, 0.25) is 0 Å². The highest BCUT2D eigenvalue weighted by Crippen LogP contribution is 2.36. The van der Waals surface area contributed by atoms with Crippen LogP contribution in [0.3, 0.4) is 0 Å². The van der Waals surface area contributed by atoms with Gasteiger partial charge in [-0.15, -0.1) is 11.3 Å². The van der Waals surface area contributed by atoms with Crippen LogP contribution >= 0.6 is 11.3 Å². The summed E-state index contributed by atoms with van der Waals surface area (Å²) < 4.78 is 0. The fourth-order valence-corrected chi connectivity index (χ4v) is 5.16. The number of hydrogen-bond donors (Lipinski definition) is 1. The number of nitrogens with one attached hydrogen (secondary N) is 1. The minimum atomic E-state index is -1.19. The molecule has 0 unspecified atom stereocenters. The number of carbonyl (C=O) groups is 2. The molecule has 3 aromatic rings. The van der Waals surface area contributed by atoms with Gasteiger partial charge in [0, 0.05) is 18.0 Å². The summed E-state index contributed by atoms with van der Waals surface area (Å²) in [6.07, 6.45) is 0.958. The topological polar surface area (TPSA) is 52.7 Å². The maximum Gasteiger partial charge on any atom is 0.326 e. The second-order valence-electron chi connectivity index (χ2n) is 7.46. The van der Waals surface area contributed by atoms with Gasteiger partial charge in [-0.3, -0.25) is 9.69 Å². The molecule has 1 aromatic heterocycles. The van der Waals surface area contributed by atoms with Gasteiger partial charge in [-0.1, -0.05) is 60.7 Å². The lowest BCUT2D eigenvalue weighted by molar-refractivity contribution is -0.131. The molecule has 146 valence electrons. The minimum absolute atomic E-state index is 0.226. The highest BCUT2D eigenvalue weighted by Gasteiger charge is 2.53. The van der Waals surface area contributed by atoms with E-state index >= 15 is 0 Å². The summed E-state index contributed by atoms with van der Waals surface area (Å²) in [7, 11) is 0. The number of rotatable bonds is 4. The predicted molar refractivity (Wildman–Crippen MR) is 112 cm³/mol. The molecule has 5 rings (SSSR count). The van der Waals surface area contributed by atoms with Crippen LogP contribution in [0.5, 0.6) is 0 Å². The molecular formula is C23H21N3O2S. The molecule has 2 aliphatic heterocycles. The van der Waals surface area contributed by atoms with Crippen molar-refractivity contribution >= 4 is 23.3 Å². The number of thiophene rings is 1. The number of benzene rings is 2. The van der Waals surface area contributed by atoms with Crippen molar-refractivity contribution in [2.75, 3.05) is 13.2 Å². The maximum absolute atomic E-state index is 13.7. The van der Waals surface area contributed by atoms with Crippen molar-refractivity contribution < 1.29 is 9.59 Å². The molecule has 1 fully saturated rings. The van der Waals surface area contributed by atoms with Crippen LogP contribution in [0, 0.1) is 0 Å². The molecule has 1 N–H and O–H groups in total. The third kappa shape index (κ3) is 2.96. The molecule has 0 radical (unpaired) electrons. The van der Waals surface area contributed by atoms with Gasteiger partial charge in [-0.2, -0.15) is 0 Å². The summed E-state index contributed by atoms with van der Waals surface area (Å²) in [6.45, 7) is 1.90. The van der Waals surface area contributed by atoms with Crippen molar-refractivity contribution in [2.24, 2.45) is 0 Å². The molecule has 2 aliphatic rings. The Bertz CT molecular complexity index is 1010. The van der Waals surface area contributed by atoms with Crippen LogP contribution in [-0.2, 0) is 23.3 Å². The summed E-state index contributed by atoms with van der Waals surface area (Å²) in [6, 6.07) is 20.8. The monoisotopic (exact) mass is 403 g/mol. The predicted octanol–water partition coefficient (Wildman–Crippen LogP) is 3.56. The molecule has 3 amide bonds. The first-order valence-corrected chi connectivity index (χ1v) is 10.6. The van der Waals surface area contributed by atoms with Gasteiger partial charge in [-0.25, -0.2) is 9.69 Å². The van der Waals surface area contributed by atoms with Crippen LogP contribution in [0.25, 0.3) is 0 Å². The Morgan fingerprint density at radius 2 is 1.59 bits per heavy atom. The fraction of sp³-hybridized carbons (Fsp3) is 0.217. The Labute approximate surface area is 173 Å². The molecule has 0 atom stereocenters. The van der Waals surface area contributed by atoms with Crippen molar-refractivity contribution in [3.8, 4) is 0 Å². The number of hydrogen-bond acceptors (Lipinski definition) is 4. The Balaban J connectivity index is 1.49. The zero-order valence-corrected chi connectivity index (χ0v) is 16.7. The van der Waals surface area contributed by atoms with Crippen LogP contribution in [0.4, 0.5) is 4.79 Å². The normalized spacial score (nSPS) is 18.6. The zero-order valence-electron chi connectivity index (χ0n) is 15.9. The molecule has 2 aromatic carbocycles. The van der Waals surface area contributed by atoms with Crippen LogP contribution in [0.1, 0.15) is 21.6 Å². The third-order valence-corrected chi connectivity index (χ3v) is 6.77. The van der Waals surface area contributed by atoms with Crippen molar-refractivity contribution in [2.45, 2.75) is 18.5 Å². The van der Waals surface area contributed by atoms with Crippen molar-refractivity contribution in [3.63, 3.8) is 0 Å².